The number of rotatable bonds is 3. The standard InChI is InChI=1S/C11H20FN/c12-11(8-13,10-6-7-10)9-4-2-1-3-5-9/h9-10H,1-8,13H2. The predicted octanol–water partition coefficient (Wildman–Crippen LogP) is 2.64. The Morgan fingerprint density at radius 3 is 2.00 bits per heavy atom. The van der Waals surface area contributed by atoms with Crippen LogP contribution in [-0.2, 0) is 0 Å². The fourth-order valence-corrected chi connectivity index (χ4v) is 2.81. The zero-order chi connectivity index (χ0) is 9.31. The second-order valence-electron chi connectivity index (χ2n) is 4.74. The number of nitrogens with two attached hydrogens (primary N) is 1. The first-order valence-corrected chi connectivity index (χ1v) is 5.66. The van der Waals surface area contributed by atoms with E-state index in [4.69, 9.17) is 5.73 Å². The largest absolute Gasteiger partial charge is 0.328 e. The number of halogens is 1. The van der Waals surface area contributed by atoms with E-state index in [1.54, 1.807) is 0 Å². The van der Waals surface area contributed by atoms with Crippen LogP contribution in [0.4, 0.5) is 4.39 Å². The molecule has 0 radical (unpaired) electrons. The van der Waals surface area contributed by atoms with E-state index in [-0.39, 0.29) is 12.5 Å². The van der Waals surface area contributed by atoms with Crippen molar-refractivity contribution in [3.63, 3.8) is 0 Å². The van der Waals surface area contributed by atoms with Crippen LogP contribution in [0.25, 0.3) is 0 Å². The molecule has 0 bridgehead atoms. The van der Waals surface area contributed by atoms with Crippen LogP contribution in [0.2, 0.25) is 0 Å². The van der Waals surface area contributed by atoms with Crippen LogP contribution >= 0.6 is 0 Å². The van der Waals surface area contributed by atoms with Gasteiger partial charge in [0.1, 0.15) is 5.67 Å². The molecule has 2 heteroatoms. The molecule has 2 fully saturated rings. The van der Waals surface area contributed by atoms with Gasteiger partial charge in [-0.25, -0.2) is 4.39 Å². The molecule has 2 rings (SSSR count). The summed E-state index contributed by atoms with van der Waals surface area (Å²) in [7, 11) is 0. The van der Waals surface area contributed by atoms with Crippen LogP contribution in [0, 0.1) is 11.8 Å². The molecule has 2 N–H and O–H groups in total. The van der Waals surface area contributed by atoms with Crippen molar-refractivity contribution in [2.24, 2.45) is 17.6 Å². The maximum absolute atomic E-state index is 14.5. The molecule has 2 aliphatic carbocycles. The molecule has 0 aromatic heterocycles. The molecule has 2 saturated carbocycles. The monoisotopic (exact) mass is 185 g/mol. The minimum atomic E-state index is -1.000. The molecule has 76 valence electrons. The lowest BCUT2D eigenvalue weighted by Gasteiger charge is -2.35. The van der Waals surface area contributed by atoms with Gasteiger partial charge in [0.2, 0.25) is 0 Å². The van der Waals surface area contributed by atoms with Gasteiger partial charge < -0.3 is 5.73 Å². The summed E-state index contributed by atoms with van der Waals surface area (Å²) in [4.78, 5) is 0. The Balaban J connectivity index is 2.00. The van der Waals surface area contributed by atoms with Gasteiger partial charge in [-0.1, -0.05) is 19.3 Å². The first kappa shape index (κ1) is 9.45. The molecule has 0 heterocycles. The van der Waals surface area contributed by atoms with Gasteiger partial charge in [-0.3, -0.25) is 0 Å². The van der Waals surface area contributed by atoms with Gasteiger partial charge in [0.25, 0.3) is 0 Å². The summed E-state index contributed by atoms with van der Waals surface area (Å²) < 4.78 is 14.5. The second kappa shape index (κ2) is 3.56. The molecule has 0 aromatic rings. The molecule has 1 nitrogen and oxygen atoms in total. The van der Waals surface area contributed by atoms with Gasteiger partial charge in [-0.15, -0.1) is 0 Å². The first-order chi connectivity index (χ1) is 6.27. The highest BCUT2D eigenvalue weighted by molar-refractivity contribution is 5.00. The van der Waals surface area contributed by atoms with E-state index in [1.807, 2.05) is 0 Å². The molecule has 0 aliphatic heterocycles. The lowest BCUT2D eigenvalue weighted by atomic mass is 9.75. The Labute approximate surface area is 79.9 Å². The van der Waals surface area contributed by atoms with Crippen LogP contribution in [0.3, 0.4) is 0 Å². The van der Waals surface area contributed by atoms with E-state index in [1.165, 1.54) is 19.3 Å². The third-order valence-corrected chi connectivity index (χ3v) is 3.85. The van der Waals surface area contributed by atoms with E-state index in [0.29, 0.717) is 5.92 Å². The molecular formula is C11H20FN. The molecule has 0 spiro atoms. The fraction of sp³-hybridized carbons (Fsp3) is 1.00. The maximum Gasteiger partial charge on any atom is 0.128 e. The summed E-state index contributed by atoms with van der Waals surface area (Å²) in [6.45, 7) is 0.252. The van der Waals surface area contributed by atoms with Crippen molar-refractivity contribution >= 4 is 0 Å². The van der Waals surface area contributed by atoms with E-state index in [0.717, 1.165) is 25.7 Å². The summed E-state index contributed by atoms with van der Waals surface area (Å²) in [6, 6.07) is 0. The van der Waals surface area contributed by atoms with Crippen molar-refractivity contribution < 1.29 is 4.39 Å². The third-order valence-electron chi connectivity index (χ3n) is 3.85. The molecule has 1 unspecified atom stereocenters. The third kappa shape index (κ3) is 1.74. The topological polar surface area (TPSA) is 26.0 Å². The van der Waals surface area contributed by atoms with E-state index < -0.39 is 5.67 Å². The first-order valence-electron chi connectivity index (χ1n) is 5.66. The Morgan fingerprint density at radius 1 is 1.00 bits per heavy atom. The minimum absolute atomic E-state index is 0.252. The average Bonchev–Trinajstić information content (AvgIpc) is 3.02. The van der Waals surface area contributed by atoms with Crippen molar-refractivity contribution in [1.29, 1.82) is 0 Å². The molecular weight excluding hydrogens is 165 g/mol. The Morgan fingerprint density at radius 2 is 1.54 bits per heavy atom. The lowest BCUT2D eigenvalue weighted by molar-refractivity contribution is 0.0419. The van der Waals surface area contributed by atoms with Gasteiger partial charge >= 0.3 is 0 Å². The minimum Gasteiger partial charge on any atom is -0.328 e. The molecule has 0 saturated heterocycles. The lowest BCUT2D eigenvalue weighted by Crippen LogP contribution is -2.43. The zero-order valence-electron chi connectivity index (χ0n) is 8.27. The SMILES string of the molecule is NCC(F)(C1CCCCC1)C1CC1. The summed E-state index contributed by atoms with van der Waals surface area (Å²) in [5.74, 6) is 0.583. The maximum atomic E-state index is 14.5. The van der Waals surface area contributed by atoms with E-state index in [9.17, 15) is 4.39 Å². The number of alkyl halides is 1. The van der Waals surface area contributed by atoms with Crippen molar-refractivity contribution in [3.05, 3.63) is 0 Å². The molecule has 0 aromatic carbocycles. The number of hydrogen-bond donors (Lipinski definition) is 1. The van der Waals surface area contributed by atoms with Crippen LogP contribution in [-0.4, -0.2) is 12.2 Å². The summed E-state index contributed by atoms with van der Waals surface area (Å²) >= 11 is 0. The molecule has 2 aliphatic rings. The quantitative estimate of drug-likeness (QED) is 0.718. The normalized spacial score (nSPS) is 30.0. The summed E-state index contributed by atoms with van der Waals surface area (Å²) in [5.41, 5.74) is 4.60. The highest BCUT2D eigenvalue weighted by Gasteiger charge is 2.49. The average molecular weight is 185 g/mol. The second-order valence-corrected chi connectivity index (χ2v) is 4.74. The van der Waals surface area contributed by atoms with Crippen LogP contribution in [0.5, 0.6) is 0 Å². The summed E-state index contributed by atoms with van der Waals surface area (Å²) in [5, 5.41) is 0. The predicted molar refractivity (Wildman–Crippen MR) is 52.2 cm³/mol. The molecule has 13 heavy (non-hydrogen) atoms. The van der Waals surface area contributed by atoms with Crippen molar-refractivity contribution in [2.75, 3.05) is 6.54 Å². The highest BCUT2D eigenvalue weighted by Crippen LogP contribution is 2.49. The fourth-order valence-electron chi connectivity index (χ4n) is 2.81. The zero-order valence-corrected chi connectivity index (χ0v) is 8.27. The molecule has 0 amide bonds. The van der Waals surface area contributed by atoms with Gasteiger partial charge in [0.05, 0.1) is 0 Å². The van der Waals surface area contributed by atoms with Crippen molar-refractivity contribution in [1.82, 2.24) is 0 Å². The van der Waals surface area contributed by atoms with Crippen molar-refractivity contribution in [3.8, 4) is 0 Å². The van der Waals surface area contributed by atoms with E-state index >= 15 is 0 Å². The van der Waals surface area contributed by atoms with Crippen molar-refractivity contribution in [2.45, 2.75) is 50.6 Å². The Kier molecular flexibility index (Phi) is 2.59. The van der Waals surface area contributed by atoms with Crippen LogP contribution in [0.1, 0.15) is 44.9 Å². The highest BCUT2D eigenvalue weighted by atomic mass is 19.1. The van der Waals surface area contributed by atoms with Gasteiger partial charge in [-0.05, 0) is 37.5 Å². The van der Waals surface area contributed by atoms with E-state index in [2.05, 4.69) is 0 Å². The smallest absolute Gasteiger partial charge is 0.128 e. The Hall–Kier alpha value is -0.110. The molecule has 1 atom stereocenters. The summed E-state index contributed by atoms with van der Waals surface area (Å²) in [6.07, 6.45) is 8.01. The van der Waals surface area contributed by atoms with Gasteiger partial charge in [0.15, 0.2) is 0 Å². The van der Waals surface area contributed by atoms with Gasteiger partial charge in [-0.2, -0.15) is 0 Å². The Bertz CT molecular complexity index is 173. The van der Waals surface area contributed by atoms with Gasteiger partial charge in [0, 0.05) is 6.54 Å². The number of hydrogen-bond acceptors (Lipinski definition) is 1. The van der Waals surface area contributed by atoms with Crippen LogP contribution in [0.15, 0.2) is 0 Å². The van der Waals surface area contributed by atoms with Crippen LogP contribution < -0.4 is 5.73 Å².